The highest BCUT2D eigenvalue weighted by Crippen LogP contribution is 2.24. The Labute approximate surface area is 130 Å². The van der Waals surface area contributed by atoms with E-state index in [-0.39, 0.29) is 19.2 Å². The minimum atomic E-state index is -2.01. The van der Waals surface area contributed by atoms with Gasteiger partial charge in [-0.15, -0.1) is 0 Å². The van der Waals surface area contributed by atoms with Gasteiger partial charge in [-0.3, -0.25) is 0 Å². The van der Waals surface area contributed by atoms with Crippen molar-refractivity contribution in [3.8, 4) is 0 Å². The molecule has 1 atom stereocenters. The van der Waals surface area contributed by atoms with Crippen LogP contribution in [0.4, 0.5) is 4.79 Å². The molecule has 7 nitrogen and oxygen atoms in total. The molecule has 22 heavy (non-hydrogen) atoms. The molecule has 0 aliphatic heterocycles. The highest BCUT2D eigenvalue weighted by atomic mass is 31.2. The molecule has 0 fully saturated rings. The fourth-order valence-corrected chi connectivity index (χ4v) is 2.20. The molecule has 122 valence electrons. The van der Waals surface area contributed by atoms with Crippen LogP contribution in [0.15, 0.2) is 30.3 Å². The lowest BCUT2D eigenvalue weighted by Crippen LogP contribution is -2.41. The fraction of sp³-hybridized carbons (Fsp3) is 0.429. The number of hydrogen-bond acceptors (Lipinski definition) is 6. The summed E-state index contributed by atoms with van der Waals surface area (Å²) in [4.78, 5) is 41.0. The molecule has 8 heteroatoms. The predicted molar refractivity (Wildman–Crippen MR) is 81.0 cm³/mol. The zero-order chi connectivity index (χ0) is 16.4. The first-order valence-corrected chi connectivity index (χ1v) is 8.16. The van der Waals surface area contributed by atoms with Gasteiger partial charge in [0, 0.05) is 6.16 Å². The number of benzene rings is 1. The van der Waals surface area contributed by atoms with E-state index in [1.807, 2.05) is 30.3 Å². The third kappa shape index (κ3) is 7.36. The van der Waals surface area contributed by atoms with Gasteiger partial charge < -0.3 is 24.6 Å². The van der Waals surface area contributed by atoms with Crippen molar-refractivity contribution in [2.24, 2.45) is 0 Å². The quantitative estimate of drug-likeness (QED) is 0.493. The van der Waals surface area contributed by atoms with Crippen molar-refractivity contribution in [1.82, 2.24) is 5.32 Å². The number of methoxy groups -OCH3 is 1. The van der Waals surface area contributed by atoms with Gasteiger partial charge in [-0.05, 0) is 18.4 Å². The number of rotatable bonds is 8. The van der Waals surface area contributed by atoms with Crippen LogP contribution in [0.3, 0.4) is 0 Å². The molecule has 0 aromatic heterocycles. The molecule has 1 unspecified atom stereocenters. The first-order chi connectivity index (χ1) is 10.5. The molecule has 0 saturated carbocycles. The number of carbonyl (C=O) groups excluding carboxylic acids is 2. The largest absolute Gasteiger partial charge is 0.467 e. The van der Waals surface area contributed by atoms with Crippen molar-refractivity contribution in [2.75, 3.05) is 13.3 Å². The third-order valence-corrected chi connectivity index (χ3v) is 3.56. The molecule has 0 aliphatic carbocycles. The van der Waals surface area contributed by atoms with Crippen LogP contribution >= 0.6 is 8.38 Å². The van der Waals surface area contributed by atoms with Crippen LogP contribution in [0.5, 0.6) is 0 Å². The summed E-state index contributed by atoms with van der Waals surface area (Å²) >= 11 is 0. The van der Waals surface area contributed by atoms with E-state index in [4.69, 9.17) is 14.5 Å². The van der Waals surface area contributed by atoms with Gasteiger partial charge in [0.15, 0.2) is 8.38 Å². The van der Waals surface area contributed by atoms with Gasteiger partial charge in [0.05, 0.1) is 7.11 Å². The predicted octanol–water partition coefficient (Wildman–Crippen LogP) is 1.53. The summed E-state index contributed by atoms with van der Waals surface area (Å²) in [6.45, 7) is 0.0964. The van der Waals surface area contributed by atoms with E-state index in [0.717, 1.165) is 5.56 Å². The van der Waals surface area contributed by atoms with Crippen molar-refractivity contribution in [3.63, 3.8) is 0 Å². The SMILES string of the molecule is COC(=O)C(CCCP(O)O)NC(=O)OCc1ccccc1. The molecule has 0 radical (unpaired) electrons. The molecular weight excluding hydrogens is 309 g/mol. The molecular formula is C14H20NO6P. The summed E-state index contributed by atoms with van der Waals surface area (Å²) in [5, 5.41) is 2.42. The van der Waals surface area contributed by atoms with E-state index in [1.165, 1.54) is 7.11 Å². The van der Waals surface area contributed by atoms with Gasteiger partial charge >= 0.3 is 12.1 Å². The highest BCUT2D eigenvalue weighted by molar-refractivity contribution is 7.45. The Bertz CT molecular complexity index is 468. The van der Waals surface area contributed by atoms with E-state index >= 15 is 0 Å². The molecule has 3 N–H and O–H groups in total. The van der Waals surface area contributed by atoms with Crippen LogP contribution in [0.2, 0.25) is 0 Å². The molecule has 1 aromatic carbocycles. The second-order valence-corrected chi connectivity index (χ2v) is 5.71. The smallest absolute Gasteiger partial charge is 0.408 e. The molecule has 0 aliphatic rings. The Morgan fingerprint density at radius 1 is 1.27 bits per heavy atom. The summed E-state index contributed by atoms with van der Waals surface area (Å²) in [7, 11) is -0.789. The standard InChI is InChI=1S/C14H20NO6P/c1-20-13(16)12(8-5-9-22(18)19)15-14(17)21-10-11-6-3-2-4-7-11/h2-4,6-7,12,18-19H,5,8-10H2,1H3,(H,15,17). The molecule has 0 bridgehead atoms. The van der Waals surface area contributed by atoms with E-state index in [9.17, 15) is 9.59 Å². The molecule has 1 aromatic rings. The third-order valence-electron chi connectivity index (χ3n) is 2.84. The Morgan fingerprint density at radius 2 is 1.95 bits per heavy atom. The number of ether oxygens (including phenoxy) is 2. The topological polar surface area (TPSA) is 105 Å². The van der Waals surface area contributed by atoms with Crippen LogP contribution in [-0.2, 0) is 20.9 Å². The highest BCUT2D eigenvalue weighted by Gasteiger charge is 2.22. The molecule has 0 spiro atoms. The van der Waals surface area contributed by atoms with E-state index < -0.39 is 26.5 Å². The number of carbonyl (C=O) groups is 2. The van der Waals surface area contributed by atoms with Crippen LogP contribution in [0, 0.1) is 0 Å². The van der Waals surface area contributed by atoms with E-state index in [0.29, 0.717) is 6.42 Å². The molecule has 1 amide bonds. The van der Waals surface area contributed by atoms with Crippen LogP contribution < -0.4 is 5.32 Å². The zero-order valence-corrected chi connectivity index (χ0v) is 13.2. The van der Waals surface area contributed by atoms with Gasteiger partial charge in [-0.1, -0.05) is 30.3 Å². The first-order valence-electron chi connectivity index (χ1n) is 6.73. The zero-order valence-electron chi connectivity index (χ0n) is 12.3. The number of nitrogens with one attached hydrogen (secondary N) is 1. The van der Waals surface area contributed by atoms with Crippen molar-refractivity contribution < 1.29 is 28.8 Å². The average molecular weight is 329 g/mol. The van der Waals surface area contributed by atoms with Gasteiger partial charge in [0.1, 0.15) is 12.6 Å². The number of amides is 1. The average Bonchev–Trinajstić information content (AvgIpc) is 2.52. The monoisotopic (exact) mass is 329 g/mol. The Balaban J connectivity index is 2.42. The van der Waals surface area contributed by atoms with Crippen LogP contribution in [-0.4, -0.2) is 41.2 Å². The van der Waals surface area contributed by atoms with E-state index in [1.54, 1.807) is 0 Å². The second-order valence-electron chi connectivity index (χ2n) is 4.52. The number of alkyl carbamates (subject to hydrolysis) is 1. The van der Waals surface area contributed by atoms with Crippen LogP contribution in [0.1, 0.15) is 18.4 Å². The summed E-state index contributed by atoms with van der Waals surface area (Å²) in [5.41, 5.74) is 0.832. The minimum absolute atomic E-state index is 0.0964. The summed E-state index contributed by atoms with van der Waals surface area (Å²) < 4.78 is 9.63. The van der Waals surface area contributed by atoms with Gasteiger partial charge in [-0.25, -0.2) is 9.59 Å². The van der Waals surface area contributed by atoms with Crippen molar-refractivity contribution >= 4 is 20.4 Å². The van der Waals surface area contributed by atoms with Gasteiger partial charge in [-0.2, -0.15) is 0 Å². The fourth-order valence-electron chi connectivity index (χ4n) is 1.74. The minimum Gasteiger partial charge on any atom is -0.467 e. The lowest BCUT2D eigenvalue weighted by atomic mass is 10.2. The Hall–Kier alpha value is -1.69. The molecule has 0 heterocycles. The second kappa shape index (κ2) is 10.1. The maximum atomic E-state index is 11.7. The van der Waals surface area contributed by atoms with E-state index in [2.05, 4.69) is 10.1 Å². The Kier molecular flexibility index (Phi) is 8.43. The van der Waals surface area contributed by atoms with Crippen molar-refractivity contribution in [2.45, 2.75) is 25.5 Å². The van der Waals surface area contributed by atoms with Crippen molar-refractivity contribution in [3.05, 3.63) is 35.9 Å². The summed E-state index contributed by atoms with van der Waals surface area (Å²) in [6, 6.07) is 8.27. The maximum Gasteiger partial charge on any atom is 0.408 e. The maximum absolute atomic E-state index is 11.7. The van der Waals surface area contributed by atoms with Gasteiger partial charge in [0.25, 0.3) is 0 Å². The summed E-state index contributed by atoms with van der Waals surface area (Å²) in [6.07, 6.45) is 0.0585. The lowest BCUT2D eigenvalue weighted by Gasteiger charge is -2.16. The lowest BCUT2D eigenvalue weighted by molar-refractivity contribution is -0.143. The number of hydrogen-bond donors (Lipinski definition) is 3. The summed E-state index contributed by atoms with van der Waals surface area (Å²) in [5.74, 6) is -0.600. The normalized spacial score (nSPS) is 11.8. The number of esters is 1. The van der Waals surface area contributed by atoms with Crippen LogP contribution in [0.25, 0.3) is 0 Å². The van der Waals surface area contributed by atoms with Crippen molar-refractivity contribution in [1.29, 1.82) is 0 Å². The first kappa shape index (κ1) is 18.4. The van der Waals surface area contributed by atoms with Gasteiger partial charge in [0.2, 0.25) is 0 Å². The molecule has 0 saturated heterocycles. The Morgan fingerprint density at radius 3 is 2.55 bits per heavy atom. The molecule has 1 rings (SSSR count).